The standard InChI is InChI=1S/C15H22O3/c1-9(7-10(16)17)12-11-13-14(2,3)5-4-6-15(11,13)8-18-12/h7,11-13H,4-6,8H2,1-3H3,(H,16,17)/b9-7+/t11-,12-,13+,15-/m0/s1. The van der Waals surface area contributed by atoms with Gasteiger partial charge < -0.3 is 9.84 Å². The number of rotatable bonds is 2. The zero-order chi connectivity index (χ0) is 13.1. The highest BCUT2D eigenvalue weighted by Crippen LogP contribution is 2.76. The van der Waals surface area contributed by atoms with Crippen molar-refractivity contribution in [2.24, 2.45) is 22.7 Å². The second-order valence-corrected chi connectivity index (χ2v) is 7.04. The molecule has 0 aromatic heterocycles. The molecule has 1 N–H and O–H groups in total. The molecule has 3 fully saturated rings. The van der Waals surface area contributed by atoms with Crippen LogP contribution in [0.2, 0.25) is 0 Å². The molecule has 0 unspecified atom stereocenters. The summed E-state index contributed by atoms with van der Waals surface area (Å²) >= 11 is 0. The molecular formula is C15H22O3. The molecule has 1 saturated heterocycles. The number of carboxylic acids is 1. The molecule has 3 nitrogen and oxygen atoms in total. The van der Waals surface area contributed by atoms with E-state index in [2.05, 4.69) is 13.8 Å². The number of hydrogen-bond acceptors (Lipinski definition) is 2. The minimum Gasteiger partial charge on any atom is -0.478 e. The van der Waals surface area contributed by atoms with Gasteiger partial charge in [0.25, 0.3) is 0 Å². The van der Waals surface area contributed by atoms with E-state index >= 15 is 0 Å². The van der Waals surface area contributed by atoms with Crippen LogP contribution in [0.5, 0.6) is 0 Å². The van der Waals surface area contributed by atoms with Gasteiger partial charge in [-0.15, -0.1) is 0 Å². The fourth-order valence-electron chi connectivity index (χ4n) is 4.91. The van der Waals surface area contributed by atoms with E-state index in [1.165, 1.54) is 25.3 Å². The topological polar surface area (TPSA) is 46.5 Å². The molecule has 3 rings (SSSR count). The second kappa shape index (κ2) is 3.60. The van der Waals surface area contributed by atoms with Crippen molar-refractivity contribution in [2.45, 2.75) is 46.1 Å². The van der Waals surface area contributed by atoms with Crippen molar-refractivity contribution < 1.29 is 14.6 Å². The van der Waals surface area contributed by atoms with Crippen LogP contribution in [0.15, 0.2) is 11.6 Å². The lowest BCUT2D eigenvalue weighted by Crippen LogP contribution is -2.29. The number of ether oxygens (including phenoxy) is 1. The number of aliphatic carboxylic acids is 1. The molecule has 0 bridgehead atoms. The van der Waals surface area contributed by atoms with Crippen molar-refractivity contribution in [1.29, 1.82) is 0 Å². The van der Waals surface area contributed by atoms with Gasteiger partial charge in [0.1, 0.15) is 0 Å². The Bertz CT molecular complexity index is 423. The van der Waals surface area contributed by atoms with E-state index < -0.39 is 5.97 Å². The zero-order valence-corrected chi connectivity index (χ0v) is 11.4. The molecule has 100 valence electrons. The fourth-order valence-corrected chi connectivity index (χ4v) is 4.91. The normalized spacial score (nSPS) is 45.3. The van der Waals surface area contributed by atoms with E-state index in [9.17, 15) is 4.79 Å². The molecule has 0 aromatic carbocycles. The van der Waals surface area contributed by atoms with E-state index in [4.69, 9.17) is 9.84 Å². The van der Waals surface area contributed by atoms with E-state index in [1.54, 1.807) is 0 Å². The van der Waals surface area contributed by atoms with E-state index in [1.807, 2.05) is 6.92 Å². The third-order valence-corrected chi connectivity index (χ3v) is 5.50. The molecule has 1 heterocycles. The van der Waals surface area contributed by atoms with E-state index in [-0.39, 0.29) is 6.10 Å². The summed E-state index contributed by atoms with van der Waals surface area (Å²) in [6.07, 6.45) is 5.22. The Kier molecular flexibility index (Phi) is 2.44. The van der Waals surface area contributed by atoms with Crippen molar-refractivity contribution in [3.63, 3.8) is 0 Å². The first-order valence-electron chi connectivity index (χ1n) is 6.91. The SMILES string of the molecule is C/C(=C\C(=O)O)[C@@H]1OC[C@]23CCCC(C)(C)[C@H]2[C@H]13. The van der Waals surface area contributed by atoms with Gasteiger partial charge in [-0.25, -0.2) is 4.79 Å². The quantitative estimate of drug-likeness (QED) is 0.766. The van der Waals surface area contributed by atoms with E-state index in [0.717, 1.165) is 18.1 Å². The van der Waals surface area contributed by atoms with Gasteiger partial charge in [-0.1, -0.05) is 20.3 Å². The van der Waals surface area contributed by atoms with Gasteiger partial charge in [-0.2, -0.15) is 0 Å². The molecular weight excluding hydrogens is 228 g/mol. The predicted octanol–water partition coefficient (Wildman–Crippen LogP) is 2.86. The van der Waals surface area contributed by atoms with Crippen LogP contribution in [0.3, 0.4) is 0 Å². The number of carbonyl (C=O) groups is 1. The molecule has 0 amide bonds. The predicted molar refractivity (Wildman–Crippen MR) is 68.2 cm³/mol. The molecule has 1 spiro atoms. The van der Waals surface area contributed by atoms with Gasteiger partial charge in [0, 0.05) is 17.4 Å². The zero-order valence-electron chi connectivity index (χ0n) is 11.4. The summed E-state index contributed by atoms with van der Waals surface area (Å²) < 4.78 is 5.90. The summed E-state index contributed by atoms with van der Waals surface area (Å²) in [5.41, 5.74) is 1.66. The van der Waals surface area contributed by atoms with Crippen LogP contribution < -0.4 is 0 Å². The van der Waals surface area contributed by atoms with Gasteiger partial charge in [0.05, 0.1) is 12.7 Å². The lowest BCUT2D eigenvalue weighted by molar-refractivity contribution is -0.131. The largest absolute Gasteiger partial charge is 0.478 e. The molecule has 2 aliphatic carbocycles. The maximum atomic E-state index is 10.8. The lowest BCUT2D eigenvalue weighted by atomic mass is 9.72. The molecule has 3 heteroatoms. The Balaban J connectivity index is 1.85. The van der Waals surface area contributed by atoms with Gasteiger partial charge in [-0.3, -0.25) is 0 Å². The second-order valence-electron chi connectivity index (χ2n) is 7.04. The number of hydrogen-bond donors (Lipinski definition) is 1. The summed E-state index contributed by atoms with van der Waals surface area (Å²) in [6.45, 7) is 7.46. The fraction of sp³-hybridized carbons (Fsp3) is 0.800. The van der Waals surface area contributed by atoms with Crippen molar-refractivity contribution in [3.05, 3.63) is 11.6 Å². The lowest BCUT2D eigenvalue weighted by Gasteiger charge is -2.35. The maximum absolute atomic E-state index is 10.8. The van der Waals surface area contributed by atoms with Crippen LogP contribution in [-0.4, -0.2) is 23.8 Å². The van der Waals surface area contributed by atoms with Crippen LogP contribution in [0, 0.1) is 22.7 Å². The average molecular weight is 250 g/mol. The van der Waals surface area contributed by atoms with Crippen molar-refractivity contribution >= 4 is 5.97 Å². The minimum atomic E-state index is -0.861. The first-order chi connectivity index (χ1) is 8.38. The van der Waals surface area contributed by atoms with Crippen LogP contribution >= 0.6 is 0 Å². The Labute approximate surface area is 108 Å². The molecule has 18 heavy (non-hydrogen) atoms. The summed E-state index contributed by atoms with van der Waals surface area (Å²) in [6, 6.07) is 0. The highest BCUT2D eigenvalue weighted by atomic mass is 16.5. The summed E-state index contributed by atoms with van der Waals surface area (Å²) in [5.74, 6) is 0.431. The minimum absolute atomic E-state index is 0.0449. The van der Waals surface area contributed by atoms with Crippen molar-refractivity contribution in [3.8, 4) is 0 Å². The van der Waals surface area contributed by atoms with Crippen LogP contribution in [-0.2, 0) is 9.53 Å². The Morgan fingerprint density at radius 2 is 2.11 bits per heavy atom. The van der Waals surface area contributed by atoms with Gasteiger partial charge >= 0.3 is 5.97 Å². The number of carboxylic acid groups (broad SMARTS) is 1. The molecule has 2 saturated carbocycles. The monoisotopic (exact) mass is 250 g/mol. The maximum Gasteiger partial charge on any atom is 0.328 e. The molecule has 0 radical (unpaired) electrons. The number of fused-ring (bicyclic) bond motifs is 1. The Morgan fingerprint density at radius 3 is 2.72 bits per heavy atom. The third kappa shape index (κ3) is 1.49. The first kappa shape index (κ1) is 12.2. The van der Waals surface area contributed by atoms with Crippen LogP contribution in [0.1, 0.15) is 40.0 Å². The Morgan fingerprint density at radius 1 is 1.39 bits per heavy atom. The highest BCUT2D eigenvalue weighted by Gasteiger charge is 2.75. The average Bonchev–Trinajstić information content (AvgIpc) is 2.77. The van der Waals surface area contributed by atoms with Gasteiger partial charge in [0.15, 0.2) is 0 Å². The van der Waals surface area contributed by atoms with Crippen LogP contribution in [0.4, 0.5) is 0 Å². The summed E-state index contributed by atoms with van der Waals surface area (Å²) in [4.78, 5) is 10.8. The molecule has 3 aliphatic rings. The summed E-state index contributed by atoms with van der Waals surface area (Å²) in [5, 5.41) is 8.87. The summed E-state index contributed by atoms with van der Waals surface area (Å²) in [7, 11) is 0. The highest BCUT2D eigenvalue weighted by molar-refractivity contribution is 5.80. The third-order valence-electron chi connectivity index (χ3n) is 5.50. The smallest absolute Gasteiger partial charge is 0.328 e. The Hall–Kier alpha value is -0.830. The van der Waals surface area contributed by atoms with Crippen LogP contribution in [0.25, 0.3) is 0 Å². The van der Waals surface area contributed by atoms with Crippen molar-refractivity contribution in [1.82, 2.24) is 0 Å². The molecule has 0 aromatic rings. The van der Waals surface area contributed by atoms with E-state index in [0.29, 0.717) is 16.7 Å². The van der Waals surface area contributed by atoms with Gasteiger partial charge in [0.2, 0.25) is 0 Å². The molecule has 4 atom stereocenters. The van der Waals surface area contributed by atoms with Crippen molar-refractivity contribution in [2.75, 3.05) is 6.61 Å². The van der Waals surface area contributed by atoms with Gasteiger partial charge in [-0.05, 0) is 36.7 Å². The molecule has 1 aliphatic heterocycles. The first-order valence-corrected chi connectivity index (χ1v) is 6.91.